The van der Waals surface area contributed by atoms with Gasteiger partial charge in [-0.3, -0.25) is 0 Å². The molecule has 0 aliphatic heterocycles. The molecule has 0 radical (unpaired) electrons. The Bertz CT molecular complexity index is 695. The van der Waals surface area contributed by atoms with Crippen molar-refractivity contribution >= 4 is 23.1 Å². The van der Waals surface area contributed by atoms with Gasteiger partial charge in [0.05, 0.1) is 6.61 Å². The minimum absolute atomic E-state index is 0. The largest absolute Gasteiger partial charge is 2.00 e. The Kier molecular flexibility index (Phi) is 6.41. The summed E-state index contributed by atoms with van der Waals surface area (Å²) < 4.78 is 6.28. The zero-order valence-corrected chi connectivity index (χ0v) is 18.3. The molecule has 0 unspecified atom stereocenters. The summed E-state index contributed by atoms with van der Waals surface area (Å²) in [5.74, 6) is 3.95. The molecule has 0 amide bonds. The predicted molar refractivity (Wildman–Crippen MR) is 102 cm³/mol. The Morgan fingerprint density at radius 2 is 1.54 bits per heavy atom. The standard InChI is InChI=1S/C23H25O.BrH.Mg/c1-2-6-17(7-3-1)16-24-22-9-5-4-8-21(22)23-13-18-10-19(14-23)12-20(11-18)15-23;;/h1-4,6-9,18-20H,10-16H2;1H;/q-1;;+2/p-1. The fraction of sp³-hybridized carbons (Fsp3) is 0.478. The molecular formula is C23H25BrMgO. The molecular weight excluding hydrogens is 396 g/mol. The van der Waals surface area contributed by atoms with Crippen LogP contribution in [-0.4, -0.2) is 23.1 Å². The van der Waals surface area contributed by atoms with Gasteiger partial charge in [0.1, 0.15) is 0 Å². The van der Waals surface area contributed by atoms with Gasteiger partial charge in [0, 0.05) is 5.75 Å². The summed E-state index contributed by atoms with van der Waals surface area (Å²) >= 11 is 0. The topological polar surface area (TPSA) is 9.23 Å². The molecule has 26 heavy (non-hydrogen) atoms. The van der Waals surface area contributed by atoms with E-state index in [4.69, 9.17) is 4.74 Å². The summed E-state index contributed by atoms with van der Waals surface area (Å²) in [6.07, 6.45) is 8.59. The number of rotatable bonds is 4. The molecule has 0 aromatic heterocycles. The summed E-state index contributed by atoms with van der Waals surface area (Å²) in [6.45, 7) is 0.651. The van der Waals surface area contributed by atoms with E-state index in [-0.39, 0.29) is 40.0 Å². The normalized spacial score (nSPS) is 31.0. The predicted octanol–water partition coefficient (Wildman–Crippen LogP) is 2.16. The van der Waals surface area contributed by atoms with Crippen LogP contribution in [0.25, 0.3) is 0 Å². The number of hydrogen-bond donors (Lipinski definition) is 0. The second-order valence-electron chi connectivity index (χ2n) is 8.39. The van der Waals surface area contributed by atoms with Crippen LogP contribution in [-0.2, 0) is 12.0 Å². The summed E-state index contributed by atoms with van der Waals surface area (Å²) in [5, 5.41) is 0. The van der Waals surface area contributed by atoms with Crippen LogP contribution in [0.1, 0.15) is 49.7 Å². The first-order valence-corrected chi connectivity index (χ1v) is 9.48. The molecule has 1 nitrogen and oxygen atoms in total. The van der Waals surface area contributed by atoms with Crippen molar-refractivity contribution in [2.24, 2.45) is 17.8 Å². The van der Waals surface area contributed by atoms with Crippen molar-refractivity contribution in [1.82, 2.24) is 0 Å². The van der Waals surface area contributed by atoms with Gasteiger partial charge in [-0.25, -0.2) is 0 Å². The third-order valence-corrected chi connectivity index (χ3v) is 6.67. The molecule has 2 aromatic rings. The smallest absolute Gasteiger partial charge is 1.00 e. The summed E-state index contributed by atoms with van der Waals surface area (Å²) in [7, 11) is 0. The van der Waals surface area contributed by atoms with Gasteiger partial charge in [0.2, 0.25) is 0 Å². The number of hydrogen-bond acceptors (Lipinski definition) is 1. The van der Waals surface area contributed by atoms with Crippen molar-refractivity contribution in [3.63, 3.8) is 0 Å². The van der Waals surface area contributed by atoms with Crippen LogP contribution < -0.4 is 21.7 Å². The third kappa shape index (κ3) is 3.72. The zero-order chi connectivity index (χ0) is 16.0. The van der Waals surface area contributed by atoms with E-state index in [1.807, 2.05) is 0 Å². The van der Waals surface area contributed by atoms with Crippen LogP contribution in [0.15, 0.2) is 48.5 Å². The van der Waals surface area contributed by atoms with Crippen LogP contribution in [0.3, 0.4) is 0 Å². The molecule has 0 spiro atoms. The minimum atomic E-state index is 0. The maximum absolute atomic E-state index is 6.28. The number of halogens is 1. The molecule has 132 valence electrons. The second kappa shape index (κ2) is 8.24. The molecule has 4 fully saturated rings. The summed E-state index contributed by atoms with van der Waals surface area (Å²) in [5.41, 5.74) is 3.09. The summed E-state index contributed by atoms with van der Waals surface area (Å²) in [4.78, 5) is 0. The Morgan fingerprint density at radius 3 is 2.15 bits per heavy atom. The number of ether oxygens (including phenoxy) is 1. The van der Waals surface area contributed by atoms with Gasteiger partial charge in [-0.05, 0) is 67.3 Å². The maximum Gasteiger partial charge on any atom is 2.00 e. The first kappa shape index (κ1) is 20.2. The SMILES string of the molecule is [Br-].[Mg+2].[c-]1ccc(C23CC4CC(CC(C4)C2)C3)c(OCc2ccccc2)c1. The van der Waals surface area contributed by atoms with Gasteiger partial charge in [0.25, 0.3) is 0 Å². The maximum atomic E-state index is 6.28. The molecule has 4 aliphatic carbocycles. The van der Waals surface area contributed by atoms with E-state index in [0.29, 0.717) is 12.0 Å². The van der Waals surface area contributed by atoms with Crippen LogP contribution in [0.5, 0.6) is 5.75 Å². The fourth-order valence-corrected chi connectivity index (χ4v) is 6.15. The van der Waals surface area contributed by atoms with E-state index in [9.17, 15) is 0 Å². The van der Waals surface area contributed by atoms with Crippen LogP contribution in [0.2, 0.25) is 0 Å². The van der Waals surface area contributed by atoms with Crippen LogP contribution in [0, 0.1) is 23.8 Å². The molecule has 4 aliphatic rings. The number of benzene rings is 2. The molecule has 0 saturated heterocycles. The quantitative estimate of drug-likeness (QED) is 0.543. The first-order valence-electron chi connectivity index (χ1n) is 9.48. The van der Waals surface area contributed by atoms with E-state index in [2.05, 4.69) is 54.6 Å². The summed E-state index contributed by atoms with van der Waals surface area (Å²) in [6, 6.07) is 20.2. The van der Waals surface area contributed by atoms with Crippen molar-refractivity contribution in [3.8, 4) is 5.75 Å². The van der Waals surface area contributed by atoms with Crippen LogP contribution >= 0.6 is 0 Å². The monoisotopic (exact) mass is 420 g/mol. The van der Waals surface area contributed by atoms with E-state index >= 15 is 0 Å². The molecule has 4 saturated carbocycles. The molecule has 0 atom stereocenters. The van der Waals surface area contributed by atoms with Gasteiger partial charge in [0.15, 0.2) is 0 Å². The van der Waals surface area contributed by atoms with E-state index in [1.165, 1.54) is 49.7 Å². The van der Waals surface area contributed by atoms with E-state index in [1.54, 1.807) is 0 Å². The average Bonchev–Trinajstić information content (AvgIpc) is 2.60. The molecule has 2 aromatic carbocycles. The Labute approximate surface area is 183 Å². The van der Waals surface area contributed by atoms with Crippen molar-refractivity contribution in [2.75, 3.05) is 0 Å². The van der Waals surface area contributed by atoms with E-state index in [0.717, 1.165) is 23.5 Å². The molecule has 3 heteroatoms. The molecule has 6 rings (SSSR count). The third-order valence-electron chi connectivity index (χ3n) is 6.67. The molecule has 0 N–H and O–H groups in total. The van der Waals surface area contributed by atoms with Crippen molar-refractivity contribution in [1.29, 1.82) is 0 Å². The Hall–Kier alpha value is -0.514. The molecule has 4 bridgehead atoms. The zero-order valence-electron chi connectivity index (χ0n) is 15.3. The van der Waals surface area contributed by atoms with Crippen molar-refractivity contribution < 1.29 is 21.7 Å². The van der Waals surface area contributed by atoms with E-state index < -0.39 is 0 Å². The van der Waals surface area contributed by atoms with Crippen molar-refractivity contribution in [2.45, 2.75) is 50.5 Å². The van der Waals surface area contributed by atoms with Crippen molar-refractivity contribution in [3.05, 3.63) is 65.7 Å². The fourth-order valence-electron chi connectivity index (χ4n) is 6.15. The van der Waals surface area contributed by atoms with Gasteiger partial charge in [-0.2, -0.15) is 18.2 Å². The van der Waals surface area contributed by atoms with Gasteiger partial charge in [-0.1, -0.05) is 30.3 Å². The van der Waals surface area contributed by atoms with Gasteiger partial charge >= 0.3 is 23.1 Å². The first-order chi connectivity index (χ1) is 11.8. The van der Waals surface area contributed by atoms with Crippen LogP contribution in [0.4, 0.5) is 0 Å². The minimum Gasteiger partial charge on any atom is -1.00 e. The second-order valence-corrected chi connectivity index (χ2v) is 8.39. The average molecular weight is 422 g/mol. The van der Waals surface area contributed by atoms with Gasteiger partial charge < -0.3 is 21.7 Å². The Balaban J connectivity index is 0.000000980. The van der Waals surface area contributed by atoms with Gasteiger partial charge in [-0.15, -0.1) is 11.6 Å². The molecule has 0 heterocycles. The Morgan fingerprint density at radius 1 is 0.923 bits per heavy atom.